The third kappa shape index (κ3) is 2.67. The van der Waals surface area contributed by atoms with Crippen molar-refractivity contribution in [3.63, 3.8) is 0 Å². The molecule has 0 aliphatic rings. The summed E-state index contributed by atoms with van der Waals surface area (Å²) >= 11 is 0. The average Bonchev–Trinajstić information content (AvgIpc) is 2.74. The zero-order chi connectivity index (χ0) is 11.4. The molecule has 4 heteroatoms. The SMILES string of the molecule is Cc1ncc(CNCc2ccco2)c(C)n1. The van der Waals surface area contributed by atoms with Crippen molar-refractivity contribution in [2.45, 2.75) is 26.9 Å². The van der Waals surface area contributed by atoms with Crippen molar-refractivity contribution in [1.82, 2.24) is 15.3 Å². The Morgan fingerprint density at radius 1 is 1.31 bits per heavy atom. The van der Waals surface area contributed by atoms with Gasteiger partial charge in [-0.2, -0.15) is 0 Å². The molecule has 0 bridgehead atoms. The van der Waals surface area contributed by atoms with E-state index in [1.165, 1.54) is 0 Å². The topological polar surface area (TPSA) is 51.0 Å². The van der Waals surface area contributed by atoms with Gasteiger partial charge in [-0.15, -0.1) is 0 Å². The van der Waals surface area contributed by atoms with Crippen LogP contribution in [0.4, 0.5) is 0 Å². The van der Waals surface area contributed by atoms with Crippen LogP contribution in [0.5, 0.6) is 0 Å². The lowest BCUT2D eigenvalue weighted by atomic mass is 10.2. The number of rotatable bonds is 4. The van der Waals surface area contributed by atoms with Crippen molar-refractivity contribution in [1.29, 1.82) is 0 Å². The molecule has 0 radical (unpaired) electrons. The first-order chi connectivity index (χ1) is 7.75. The molecule has 0 aliphatic carbocycles. The predicted octanol–water partition coefficient (Wildman–Crippen LogP) is 1.98. The average molecular weight is 217 g/mol. The first-order valence-corrected chi connectivity index (χ1v) is 5.28. The third-order valence-corrected chi connectivity index (χ3v) is 2.40. The van der Waals surface area contributed by atoms with Gasteiger partial charge in [0.25, 0.3) is 0 Å². The Bertz CT molecular complexity index is 451. The van der Waals surface area contributed by atoms with Crippen molar-refractivity contribution in [3.8, 4) is 0 Å². The van der Waals surface area contributed by atoms with Crippen LogP contribution in [0.1, 0.15) is 22.8 Å². The van der Waals surface area contributed by atoms with E-state index >= 15 is 0 Å². The molecular formula is C12H15N3O. The van der Waals surface area contributed by atoms with E-state index in [9.17, 15) is 0 Å². The maximum Gasteiger partial charge on any atom is 0.125 e. The molecule has 0 amide bonds. The van der Waals surface area contributed by atoms with Crippen molar-refractivity contribution >= 4 is 0 Å². The Labute approximate surface area is 94.7 Å². The molecule has 0 saturated heterocycles. The fourth-order valence-electron chi connectivity index (χ4n) is 1.52. The summed E-state index contributed by atoms with van der Waals surface area (Å²) in [7, 11) is 0. The van der Waals surface area contributed by atoms with Gasteiger partial charge in [0.2, 0.25) is 0 Å². The summed E-state index contributed by atoms with van der Waals surface area (Å²) in [5.74, 6) is 1.75. The Balaban J connectivity index is 1.90. The summed E-state index contributed by atoms with van der Waals surface area (Å²) in [6.45, 7) is 5.37. The standard InChI is InChI=1S/C12H15N3O/c1-9-11(7-14-10(2)15-9)6-13-8-12-4-3-5-16-12/h3-5,7,13H,6,8H2,1-2H3. The fraction of sp³-hybridized carbons (Fsp3) is 0.333. The van der Waals surface area contributed by atoms with Gasteiger partial charge in [0.05, 0.1) is 12.8 Å². The van der Waals surface area contributed by atoms with Crippen molar-refractivity contribution < 1.29 is 4.42 Å². The van der Waals surface area contributed by atoms with E-state index in [0.717, 1.165) is 35.9 Å². The Morgan fingerprint density at radius 3 is 2.88 bits per heavy atom. The van der Waals surface area contributed by atoms with Crippen LogP contribution >= 0.6 is 0 Å². The number of furan rings is 1. The van der Waals surface area contributed by atoms with E-state index in [-0.39, 0.29) is 0 Å². The van der Waals surface area contributed by atoms with E-state index in [4.69, 9.17) is 4.42 Å². The lowest BCUT2D eigenvalue weighted by Crippen LogP contribution is -2.14. The molecular weight excluding hydrogens is 202 g/mol. The number of nitrogens with one attached hydrogen (secondary N) is 1. The number of hydrogen-bond acceptors (Lipinski definition) is 4. The minimum absolute atomic E-state index is 0.723. The van der Waals surface area contributed by atoms with E-state index in [0.29, 0.717) is 0 Å². The summed E-state index contributed by atoms with van der Waals surface area (Å²) in [4.78, 5) is 8.50. The normalized spacial score (nSPS) is 10.6. The van der Waals surface area contributed by atoms with E-state index < -0.39 is 0 Å². The van der Waals surface area contributed by atoms with Crippen molar-refractivity contribution in [2.75, 3.05) is 0 Å². The van der Waals surface area contributed by atoms with E-state index in [1.807, 2.05) is 32.2 Å². The lowest BCUT2D eigenvalue weighted by molar-refractivity contribution is 0.482. The summed E-state index contributed by atoms with van der Waals surface area (Å²) in [5, 5.41) is 3.29. The fourth-order valence-corrected chi connectivity index (χ4v) is 1.52. The van der Waals surface area contributed by atoms with Crippen LogP contribution in [0.15, 0.2) is 29.0 Å². The smallest absolute Gasteiger partial charge is 0.125 e. The molecule has 2 aromatic heterocycles. The Morgan fingerprint density at radius 2 is 2.19 bits per heavy atom. The van der Waals surface area contributed by atoms with Gasteiger partial charge in [0.15, 0.2) is 0 Å². The van der Waals surface area contributed by atoms with Gasteiger partial charge in [-0.3, -0.25) is 0 Å². The van der Waals surface area contributed by atoms with Crippen LogP contribution in [-0.4, -0.2) is 9.97 Å². The number of nitrogens with zero attached hydrogens (tertiary/aromatic N) is 2. The number of aryl methyl sites for hydroxylation is 2. The second kappa shape index (κ2) is 4.90. The zero-order valence-electron chi connectivity index (χ0n) is 9.53. The summed E-state index contributed by atoms with van der Waals surface area (Å²) < 4.78 is 5.23. The molecule has 2 heterocycles. The maximum absolute atomic E-state index is 5.23. The highest BCUT2D eigenvalue weighted by molar-refractivity contribution is 5.15. The number of hydrogen-bond donors (Lipinski definition) is 1. The molecule has 16 heavy (non-hydrogen) atoms. The Kier molecular flexibility index (Phi) is 3.31. The van der Waals surface area contributed by atoms with Gasteiger partial charge in [-0.1, -0.05) is 0 Å². The van der Waals surface area contributed by atoms with Crippen LogP contribution in [-0.2, 0) is 13.1 Å². The van der Waals surface area contributed by atoms with Crippen molar-refractivity contribution in [2.24, 2.45) is 0 Å². The highest BCUT2D eigenvalue weighted by Gasteiger charge is 2.01. The Hall–Kier alpha value is -1.68. The highest BCUT2D eigenvalue weighted by Crippen LogP contribution is 2.04. The van der Waals surface area contributed by atoms with Crippen LogP contribution in [0.3, 0.4) is 0 Å². The monoisotopic (exact) mass is 217 g/mol. The molecule has 0 saturated carbocycles. The highest BCUT2D eigenvalue weighted by atomic mass is 16.3. The van der Waals surface area contributed by atoms with Crippen LogP contribution in [0.2, 0.25) is 0 Å². The van der Waals surface area contributed by atoms with Gasteiger partial charge in [0, 0.05) is 24.0 Å². The molecule has 0 aromatic carbocycles. The van der Waals surface area contributed by atoms with Crippen LogP contribution in [0, 0.1) is 13.8 Å². The summed E-state index contributed by atoms with van der Waals surface area (Å²) in [6, 6.07) is 3.84. The molecule has 0 spiro atoms. The molecule has 1 N–H and O–H groups in total. The zero-order valence-corrected chi connectivity index (χ0v) is 9.53. The molecule has 0 atom stereocenters. The maximum atomic E-state index is 5.23. The van der Waals surface area contributed by atoms with E-state index in [1.54, 1.807) is 6.26 Å². The van der Waals surface area contributed by atoms with Crippen LogP contribution < -0.4 is 5.32 Å². The molecule has 0 unspecified atom stereocenters. The molecule has 84 valence electrons. The largest absolute Gasteiger partial charge is 0.468 e. The van der Waals surface area contributed by atoms with Gasteiger partial charge in [-0.05, 0) is 26.0 Å². The lowest BCUT2D eigenvalue weighted by Gasteiger charge is -2.06. The van der Waals surface area contributed by atoms with Gasteiger partial charge in [0.1, 0.15) is 11.6 Å². The van der Waals surface area contributed by atoms with Crippen molar-refractivity contribution in [3.05, 3.63) is 47.4 Å². The first kappa shape index (κ1) is 10.8. The van der Waals surface area contributed by atoms with Gasteiger partial charge < -0.3 is 9.73 Å². The first-order valence-electron chi connectivity index (χ1n) is 5.28. The molecule has 4 nitrogen and oxygen atoms in total. The van der Waals surface area contributed by atoms with Gasteiger partial charge >= 0.3 is 0 Å². The number of aromatic nitrogens is 2. The molecule has 0 fully saturated rings. The van der Waals surface area contributed by atoms with E-state index in [2.05, 4.69) is 15.3 Å². The summed E-state index contributed by atoms with van der Waals surface area (Å²) in [6.07, 6.45) is 3.55. The summed E-state index contributed by atoms with van der Waals surface area (Å²) in [5.41, 5.74) is 2.15. The second-order valence-electron chi connectivity index (χ2n) is 3.71. The molecule has 2 rings (SSSR count). The molecule has 0 aliphatic heterocycles. The minimum atomic E-state index is 0.723. The van der Waals surface area contributed by atoms with Crippen LogP contribution in [0.25, 0.3) is 0 Å². The third-order valence-electron chi connectivity index (χ3n) is 2.40. The predicted molar refractivity (Wildman–Crippen MR) is 60.8 cm³/mol. The second-order valence-corrected chi connectivity index (χ2v) is 3.71. The quantitative estimate of drug-likeness (QED) is 0.850. The van der Waals surface area contributed by atoms with Gasteiger partial charge in [-0.25, -0.2) is 9.97 Å². The minimum Gasteiger partial charge on any atom is -0.468 e. The molecule has 2 aromatic rings.